The number of aryl methyl sites for hydroxylation is 2. The summed E-state index contributed by atoms with van der Waals surface area (Å²) < 4.78 is 42.8. The number of amides is 2. The predicted molar refractivity (Wildman–Crippen MR) is 143 cm³/mol. The maximum atomic E-state index is 12.6. The van der Waals surface area contributed by atoms with Gasteiger partial charge in [-0.3, -0.25) is 9.59 Å². The monoisotopic (exact) mass is 541 g/mol. The van der Waals surface area contributed by atoms with E-state index in [0.717, 1.165) is 39.1 Å². The second-order valence-electron chi connectivity index (χ2n) is 8.75. The number of nitrogens with one attached hydrogen (secondary N) is 2. The van der Waals surface area contributed by atoms with Crippen LogP contribution in [0.1, 0.15) is 21.5 Å². The molecule has 6 nitrogen and oxygen atoms in total. The summed E-state index contributed by atoms with van der Waals surface area (Å²) in [5.41, 5.74) is 4.04. The van der Waals surface area contributed by atoms with Crippen LogP contribution in [-0.2, 0) is 11.3 Å². The Morgan fingerprint density at radius 3 is 2.34 bits per heavy atom. The second kappa shape index (κ2) is 11.6. The minimum absolute atomic E-state index is 0.109. The van der Waals surface area contributed by atoms with Gasteiger partial charge in [0.2, 0.25) is 5.91 Å². The van der Waals surface area contributed by atoms with Crippen molar-refractivity contribution in [3.8, 4) is 5.75 Å². The summed E-state index contributed by atoms with van der Waals surface area (Å²) in [4.78, 5) is 26.0. The minimum Gasteiger partial charge on any atom is -0.406 e. The highest BCUT2D eigenvalue weighted by atomic mass is 32.2. The van der Waals surface area contributed by atoms with Gasteiger partial charge in [0.1, 0.15) is 5.75 Å². The van der Waals surface area contributed by atoms with Crippen molar-refractivity contribution >= 4 is 40.2 Å². The molecule has 0 aliphatic carbocycles. The van der Waals surface area contributed by atoms with Crippen molar-refractivity contribution < 1.29 is 27.5 Å². The molecule has 0 aliphatic rings. The number of nitrogens with zero attached hydrogens (tertiary/aromatic N) is 1. The van der Waals surface area contributed by atoms with Gasteiger partial charge in [0.05, 0.1) is 5.75 Å². The van der Waals surface area contributed by atoms with E-state index in [4.69, 9.17) is 0 Å². The van der Waals surface area contributed by atoms with Crippen LogP contribution in [0.25, 0.3) is 10.9 Å². The van der Waals surface area contributed by atoms with Crippen molar-refractivity contribution in [3.05, 3.63) is 89.6 Å². The van der Waals surface area contributed by atoms with Gasteiger partial charge < -0.3 is 19.9 Å². The molecule has 0 bridgehead atoms. The molecule has 0 saturated heterocycles. The molecule has 0 aliphatic heterocycles. The van der Waals surface area contributed by atoms with Crippen LogP contribution in [0.5, 0.6) is 5.75 Å². The molecule has 1 heterocycles. The van der Waals surface area contributed by atoms with Crippen LogP contribution < -0.4 is 15.4 Å². The Balaban J connectivity index is 1.35. The number of hydrogen-bond donors (Lipinski definition) is 2. The lowest BCUT2D eigenvalue weighted by molar-refractivity contribution is -0.274. The van der Waals surface area contributed by atoms with E-state index in [1.165, 1.54) is 23.9 Å². The number of para-hydroxylation sites is 1. The van der Waals surface area contributed by atoms with E-state index in [-0.39, 0.29) is 23.3 Å². The van der Waals surface area contributed by atoms with Crippen molar-refractivity contribution in [1.29, 1.82) is 0 Å². The topological polar surface area (TPSA) is 72.4 Å². The molecule has 0 radical (unpaired) electrons. The van der Waals surface area contributed by atoms with Crippen LogP contribution in [0.15, 0.2) is 77.8 Å². The molecule has 0 unspecified atom stereocenters. The van der Waals surface area contributed by atoms with Gasteiger partial charge >= 0.3 is 6.36 Å². The summed E-state index contributed by atoms with van der Waals surface area (Å²) in [5, 5.41) is 6.63. The second-order valence-corrected chi connectivity index (χ2v) is 9.76. The first-order valence-electron chi connectivity index (χ1n) is 11.8. The molecule has 0 fully saturated rings. The molecule has 2 N–H and O–H groups in total. The Morgan fingerprint density at radius 1 is 0.974 bits per heavy atom. The predicted octanol–water partition coefficient (Wildman–Crippen LogP) is 6.32. The normalized spacial score (nSPS) is 11.4. The number of ether oxygens (including phenoxy) is 1. The number of hydrogen-bond acceptors (Lipinski definition) is 4. The SMILES string of the molecule is Cc1cc(C)cc(C(=O)NCCn2cc(SCC(=O)Nc3ccc(OC(F)(F)F)cc3)c3ccccc32)c1. The molecule has 38 heavy (non-hydrogen) atoms. The lowest BCUT2D eigenvalue weighted by Gasteiger charge is -2.10. The van der Waals surface area contributed by atoms with Crippen molar-refractivity contribution in [3.63, 3.8) is 0 Å². The minimum atomic E-state index is -4.77. The molecular formula is C28H26F3N3O3S. The van der Waals surface area contributed by atoms with E-state index in [1.54, 1.807) is 0 Å². The maximum Gasteiger partial charge on any atom is 0.573 e. The summed E-state index contributed by atoms with van der Waals surface area (Å²) in [5.74, 6) is -0.671. The fourth-order valence-electron chi connectivity index (χ4n) is 4.09. The van der Waals surface area contributed by atoms with Gasteiger partial charge in [-0.05, 0) is 56.3 Å². The first-order chi connectivity index (χ1) is 18.1. The Morgan fingerprint density at radius 2 is 1.66 bits per heavy atom. The van der Waals surface area contributed by atoms with Crippen molar-refractivity contribution in [2.45, 2.75) is 31.7 Å². The standard InChI is InChI=1S/C28H26F3N3O3S/c1-18-13-19(2)15-20(14-18)27(36)32-11-12-34-16-25(23-5-3-4-6-24(23)34)38-17-26(35)33-21-7-9-22(10-8-21)37-28(29,30)31/h3-10,13-16H,11-12,17H2,1-2H3,(H,32,36)(H,33,35). The Kier molecular flexibility index (Phi) is 8.31. The third-order valence-electron chi connectivity index (χ3n) is 5.60. The van der Waals surface area contributed by atoms with Gasteiger partial charge in [0.25, 0.3) is 5.91 Å². The van der Waals surface area contributed by atoms with Crippen LogP contribution in [0.4, 0.5) is 18.9 Å². The van der Waals surface area contributed by atoms with Gasteiger partial charge in [-0.2, -0.15) is 0 Å². The quantitative estimate of drug-likeness (QED) is 0.243. The molecule has 4 aromatic rings. The van der Waals surface area contributed by atoms with Gasteiger partial charge in [-0.25, -0.2) is 0 Å². The number of alkyl halides is 3. The van der Waals surface area contributed by atoms with Crippen LogP contribution in [0.3, 0.4) is 0 Å². The number of rotatable bonds is 9. The molecule has 3 aromatic carbocycles. The number of aromatic nitrogens is 1. The molecule has 4 rings (SSSR count). The molecule has 10 heteroatoms. The smallest absolute Gasteiger partial charge is 0.406 e. The Bertz CT molecular complexity index is 1430. The van der Waals surface area contributed by atoms with Crippen LogP contribution in [-0.4, -0.2) is 35.0 Å². The Hall–Kier alpha value is -3.92. The zero-order valence-electron chi connectivity index (χ0n) is 20.8. The molecule has 1 aromatic heterocycles. The summed E-state index contributed by atoms with van der Waals surface area (Å²) >= 11 is 1.36. The fraction of sp³-hybridized carbons (Fsp3) is 0.214. The first-order valence-corrected chi connectivity index (χ1v) is 12.8. The largest absolute Gasteiger partial charge is 0.573 e. The summed E-state index contributed by atoms with van der Waals surface area (Å²) in [7, 11) is 0. The third-order valence-corrected chi connectivity index (χ3v) is 6.65. The summed E-state index contributed by atoms with van der Waals surface area (Å²) in [6.07, 6.45) is -2.82. The first kappa shape index (κ1) is 27.1. The lowest BCUT2D eigenvalue weighted by Crippen LogP contribution is -2.27. The summed E-state index contributed by atoms with van der Waals surface area (Å²) in [6, 6.07) is 18.5. The molecule has 2 amide bonds. The average Bonchev–Trinajstić information content (AvgIpc) is 3.20. The molecule has 0 spiro atoms. The fourth-order valence-corrected chi connectivity index (χ4v) is 4.98. The van der Waals surface area contributed by atoms with Crippen molar-refractivity contribution in [1.82, 2.24) is 9.88 Å². The van der Waals surface area contributed by atoms with E-state index in [9.17, 15) is 22.8 Å². The number of anilines is 1. The van der Waals surface area contributed by atoms with Crippen LogP contribution >= 0.6 is 11.8 Å². The van der Waals surface area contributed by atoms with Gasteiger partial charge in [0.15, 0.2) is 0 Å². The number of fused-ring (bicyclic) bond motifs is 1. The van der Waals surface area contributed by atoms with Gasteiger partial charge in [-0.15, -0.1) is 24.9 Å². The lowest BCUT2D eigenvalue weighted by atomic mass is 10.1. The molecular weight excluding hydrogens is 515 g/mol. The number of benzene rings is 3. The van der Waals surface area contributed by atoms with Gasteiger partial charge in [-0.1, -0.05) is 35.4 Å². The van der Waals surface area contributed by atoms with E-state index in [2.05, 4.69) is 15.4 Å². The Labute approximate surface area is 222 Å². The van der Waals surface area contributed by atoms with Crippen molar-refractivity contribution in [2.75, 3.05) is 17.6 Å². The highest BCUT2D eigenvalue weighted by molar-refractivity contribution is 8.00. The van der Waals surface area contributed by atoms with E-state index < -0.39 is 6.36 Å². The number of carbonyl (C=O) groups is 2. The number of carbonyl (C=O) groups excluding carboxylic acids is 2. The zero-order chi connectivity index (χ0) is 27.3. The van der Waals surface area contributed by atoms with E-state index in [0.29, 0.717) is 24.3 Å². The highest BCUT2D eigenvalue weighted by Crippen LogP contribution is 2.30. The molecule has 0 saturated carbocycles. The van der Waals surface area contributed by atoms with Crippen LogP contribution in [0, 0.1) is 13.8 Å². The highest BCUT2D eigenvalue weighted by Gasteiger charge is 2.31. The molecule has 0 atom stereocenters. The van der Waals surface area contributed by atoms with E-state index >= 15 is 0 Å². The van der Waals surface area contributed by atoms with Crippen molar-refractivity contribution in [2.24, 2.45) is 0 Å². The third kappa shape index (κ3) is 7.32. The van der Waals surface area contributed by atoms with Gasteiger partial charge in [0, 0.05) is 46.3 Å². The average molecular weight is 542 g/mol. The van der Waals surface area contributed by atoms with Crippen LogP contribution in [0.2, 0.25) is 0 Å². The molecule has 198 valence electrons. The van der Waals surface area contributed by atoms with E-state index in [1.807, 2.05) is 67.1 Å². The number of thioether (sulfide) groups is 1. The number of halogens is 3. The summed E-state index contributed by atoms with van der Waals surface area (Å²) in [6.45, 7) is 4.90. The zero-order valence-corrected chi connectivity index (χ0v) is 21.6. The maximum absolute atomic E-state index is 12.6.